The number of nitro benzene ring substituents is 1. The van der Waals surface area contributed by atoms with E-state index in [4.69, 9.17) is 4.74 Å². The molecule has 0 aliphatic carbocycles. The normalized spacial score (nSPS) is 17.0. The Bertz CT molecular complexity index is 1170. The van der Waals surface area contributed by atoms with Crippen molar-refractivity contribution in [3.63, 3.8) is 0 Å². The number of carbonyl (C=O) groups is 2. The highest BCUT2D eigenvalue weighted by Gasteiger charge is 2.31. The molecule has 0 saturated carbocycles. The summed E-state index contributed by atoms with van der Waals surface area (Å²) in [6.45, 7) is 3.02. The summed E-state index contributed by atoms with van der Waals surface area (Å²) in [5.74, 6) is -1.02. The van der Waals surface area contributed by atoms with E-state index in [0.29, 0.717) is 31.7 Å². The molecular formula is C25H27N3O5. The second-order valence-electron chi connectivity index (χ2n) is 8.33. The summed E-state index contributed by atoms with van der Waals surface area (Å²) in [6, 6.07) is 14.3. The van der Waals surface area contributed by atoms with Gasteiger partial charge in [-0.05, 0) is 37.0 Å². The van der Waals surface area contributed by atoms with E-state index in [9.17, 15) is 19.7 Å². The number of aromatic nitrogens is 1. The summed E-state index contributed by atoms with van der Waals surface area (Å²) in [7, 11) is 0. The number of nitrogens with zero attached hydrogens (tertiary/aromatic N) is 2. The summed E-state index contributed by atoms with van der Waals surface area (Å²) in [5, 5.41) is 12.4. The van der Waals surface area contributed by atoms with Gasteiger partial charge < -0.3 is 14.6 Å². The number of hydrogen-bond donors (Lipinski definition) is 1. The molecule has 1 aliphatic heterocycles. The number of hydrogen-bond acceptors (Lipinski definition) is 5. The largest absolute Gasteiger partial charge is 0.466 e. The van der Waals surface area contributed by atoms with E-state index in [1.807, 2.05) is 36.5 Å². The molecule has 1 amide bonds. The van der Waals surface area contributed by atoms with Gasteiger partial charge in [-0.2, -0.15) is 0 Å². The molecule has 0 spiro atoms. The van der Waals surface area contributed by atoms with Crippen LogP contribution in [0.1, 0.15) is 43.2 Å². The highest BCUT2D eigenvalue weighted by Crippen LogP contribution is 2.35. The molecular weight excluding hydrogens is 422 g/mol. The number of esters is 1. The zero-order valence-electron chi connectivity index (χ0n) is 18.5. The van der Waals surface area contributed by atoms with Crippen LogP contribution in [-0.2, 0) is 14.3 Å². The fourth-order valence-corrected chi connectivity index (χ4v) is 4.60. The van der Waals surface area contributed by atoms with Crippen LogP contribution in [0, 0.1) is 16.0 Å². The topological polar surface area (TPSA) is 106 Å². The highest BCUT2D eigenvalue weighted by atomic mass is 16.6. The predicted octanol–water partition coefficient (Wildman–Crippen LogP) is 4.40. The van der Waals surface area contributed by atoms with E-state index in [1.165, 1.54) is 12.1 Å². The minimum atomic E-state index is -0.424. The Morgan fingerprint density at radius 3 is 2.85 bits per heavy atom. The number of benzene rings is 2. The van der Waals surface area contributed by atoms with E-state index in [-0.39, 0.29) is 35.8 Å². The Balaban J connectivity index is 1.64. The molecule has 0 bridgehead atoms. The maximum Gasteiger partial charge on any atom is 0.310 e. The average Bonchev–Trinajstić information content (AvgIpc) is 3.26. The summed E-state index contributed by atoms with van der Waals surface area (Å²) in [5.41, 5.74) is 2.56. The highest BCUT2D eigenvalue weighted by molar-refractivity contribution is 5.86. The van der Waals surface area contributed by atoms with E-state index in [2.05, 4.69) is 4.98 Å². The Morgan fingerprint density at radius 2 is 2.06 bits per heavy atom. The molecule has 172 valence electrons. The van der Waals surface area contributed by atoms with E-state index in [0.717, 1.165) is 22.9 Å². The van der Waals surface area contributed by atoms with Gasteiger partial charge in [0.2, 0.25) is 5.91 Å². The first-order chi connectivity index (χ1) is 16.0. The fraction of sp³-hybridized carbons (Fsp3) is 0.360. The molecule has 1 fully saturated rings. The summed E-state index contributed by atoms with van der Waals surface area (Å²) in [6.07, 6.45) is 3.47. The SMILES string of the molecule is CCOC(=O)[C@@H]1CCCN(C(=O)C[C@@H](c2cccc([N+](=O)[O-])c2)c2c[nH]c3ccccc23)C1. The van der Waals surface area contributed by atoms with Crippen LogP contribution in [0.15, 0.2) is 54.7 Å². The number of H-pyrrole nitrogens is 1. The molecule has 2 aromatic carbocycles. The van der Waals surface area contributed by atoms with Gasteiger partial charge in [0.15, 0.2) is 0 Å². The molecule has 33 heavy (non-hydrogen) atoms. The van der Waals surface area contributed by atoms with Crippen molar-refractivity contribution in [3.8, 4) is 0 Å². The monoisotopic (exact) mass is 449 g/mol. The van der Waals surface area contributed by atoms with Gasteiger partial charge in [0, 0.05) is 54.7 Å². The van der Waals surface area contributed by atoms with Crippen LogP contribution in [0.3, 0.4) is 0 Å². The van der Waals surface area contributed by atoms with Gasteiger partial charge >= 0.3 is 5.97 Å². The maximum atomic E-state index is 13.4. The number of amides is 1. The molecule has 2 atom stereocenters. The van der Waals surface area contributed by atoms with Gasteiger partial charge in [0.05, 0.1) is 17.4 Å². The lowest BCUT2D eigenvalue weighted by atomic mass is 9.87. The molecule has 1 N–H and O–H groups in total. The number of aromatic amines is 1. The van der Waals surface area contributed by atoms with E-state index < -0.39 is 4.92 Å². The van der Waals surface area contributed by atoms with Crippen LogP contribution in [0.5, 0.6) is 0 Å². The molecule has 1 aliphatic rings. The lowest BCUT2D eigenvalue weighted by Crippen LogP contribution is -2.43. The number of fused-ring (bicyclic) bond motifs is 1. The van der Waals surface area contributed by atoms with Crippen molar-refractivity contribution in [2.75, 3.05) is 19.7 Å². The molecule has 1 aromatic heterocycles. The standard InChI is InChI=1S/C25H27N3O5/c1-2-33-25(30)18-8-6-12-27(16-18)24(29)14-21(17-7-5-9-19(13-17)28(31)32)22-15-26-23-11-4-3-10-20(22)23/h3-5,7,9-11,13,15,18,21,26H,2,6,8,12,14,16H2,1H3/t18-,21+/m1/s1. The number of carbonyl (C=O) groups excluding carboxylic acids is 2. The number of non-ortho nitro benzene ring substituents is 1. The van der Waals surface area contributed by atoms with Crippen molar-refractivity contribution in [2.45, 2.75) is 32.1 Å². The molecule has 2 heterocycles. The first-order valence-corrected chi connectivity index (χ1v) is 11.2. The summed E-state index contributed by atoms with van der Waals surface area (Å²) in [4.78, 5) is 41.5. The lowest BCUT2D eigenvalue weighted by Gasteiger charge is -2.32. The van der Waals surface area contributed by atoms with Crippen molar-refractivity contribution in [1.82, 2.24) is 9.88 Å². The second kappa shape index (κ2) is 9.85. The Morgan fingerprint density at radius 1 is 1.24 bits per heavy atom. The third kappa shape index (κ3) is 4.89. The number of para-hydroxylation sites is 1. The molecule has 1 saturated heterocycles. The summed E-state index contributed by atoms with van der Waals surface area (Å²) >= 11 is 0. The van der Waals surface area contributed by atoms with Gasteiger partial charge in [0.25, 0.3) is 5.69 Å². The molecule has 4 rings (SSSR count). The van der Waals surface area contributed by atoms with Gasteiger partial charge in [-0.25, -0.2) is 0 Å². The lowest BCUT2D eigenvalue weighted by molar-refractivity contribution is -0.384. The average molecular weight is 450 g/mol. The van der Waals surface area contributed by atoms with Crippen LogP contribution >= 0.6 is 0 Å². The third-order valence-corrected chi connectivity index (χ3v) is 6.25. The third-order valence-electron chi connectivity index (χ3n) is 6.25. The number of nitro groups is 1. The molecule has 0 radical (unpaired) electrons. The van der Waals surface area contributed by atoms with Crippen molar-refractivity contribution in [3.05, 3.63) is 76.0 Å². The predicted molar refractivity (Wildman–Crippen MR) is 124 cm³/mol. The number of rotatable bonds is 7. The van der Waals surface area contributed by atoms with Crippen LogP contribution in [-0.4, -0.2) is 46.4 Å². The van der Waals surface area contributed by atoms with Crippen molar-refractivity contribution in [2.24, 2.45) is 5.92 Å². The molecule has 0 unspecified atom stereocenters. The van der Waals surface area contributed by atoms with Gasteiger partial charge in [-0.1, -0.05) is 30.3 Å². The van der Waals surface area contributed by atoms with Crippen molar-refractivity contribution in [1.29, 1.82) is 0 Å². The maximum absolute atomic E-state index is 13.4. The van der Waals surface area contributed by atoms with Gasteiger partial charge in [0.1, 0.15) is 0 Å². The Labute approximate surface area is 191 Å². The smallest absolute Gasteiger partial charge is 0.310 e. The van der Waals surface area contributed by atoms with E-state index >= 15 is 0 Å². The van der Waals surface area contributed by atoms with Crippen molar-refractivity contribution < 1.29 is 19.2 Å². The minimum Gasteiger partial charge on any atom is -0.466 e. The first-order valence-electron chi connectivity index (χ1n) is 11.2. The minimum absolute atomic E-state index is 0.00913. The summed E-state index contributed by atoms with van der Waals surface area (Å²) < 4.78 is 5.16. The number of piperidine rings is 1. The number of ether oxygens (including phenoxy) is 1. The molecule has 8 heteroatoms. The molecule has 8 nitrogen and oxygen atoms in total. The zero-order valence-corrected chi connectivity index (χ0v) is 18.5. The first kappa shape index (κ1) is 22.5. The van der Waals surface area contributed by atoms with Crippen molar-refractivity contribution >= 4 is 28.5 Å². The van der Waals surface area contributed by atoms with Crippen LogP contribution in [0.2, 0.25) is 0 Å². The van der Waals surface area contributed by atoms with Gasteiger partial charge in [-0.3, -0.25) is 19.7 Å². The van der Waals surface area contributed by atoms with Crippen LogP contribution in [0.25, 0.3) is 10.9 Å². The second-order valence-corrected chi connectivity index (χ2v) is 8.33. The van der Waals surface area contributed by atoms with Crippen LogP contribution in [0.4, 0.5) is 5.69 Å². The number of nitrogens with one attached hydrogen (secondary N) is 1. The Kier molecular flexibility index (Phi) is 6.72. The van der Waals surface area contributed by atoms with Crippen LogP contribution < -0.4 is 0 Å². The fourth-order valence-electron chi connectivity index (χ4n) is 4.60. The molecule has 3 aromatic rings. The quantitative estimate of drug-likeness (QED) is 0.327. The Hall–Kier alpha value is -3.68. The zero-order chi connectivity index (χ0) is 23.4. The number of likely N-dealkylation sites (tertiary alicyclic amines) is 1. The van der Waals surface area contributed by atoms with Gasteiger partial charge in [-0.15, -0.1) is 0 Å². The van der Waals surface area contributed by atoms with E-state index in [1.54, 1.807) is 17.9 Å².